The molecule has 1 aliphatic heterocycles. The van der Waals surface area contributed by atoms with E-state index in [9.17, 15) is 4.79 Å². The number of carbonyl (C=O) groups is 1. The summed E-state index contributed by atoms with van der Waals surface area (Å²) in [5, 5.41) is 0. The van der Waals surface area contributed by atoms with Crippen LogP contribution in [0.5, 0.6) is 5.75 Å². The van der Waals surface area contributed by atoms with Crippen LogP contribution < -0.4 is 4.74 Å². The molecule has 0 aliphatic carbocycles. The number of aryl methyl sites for hydroxylation is 1. The molecule has 3 rings (SSSR count). The summed E-state index contributed by atoms with van der Waals surface area (Å²) in [6.45, 7) is 4.05. The van der Waals surface area contributed by atoms with Gasteiger partial charge in [-0.3, -0.25) is 4.79 Å². The van der Waals surface area contributed by atoms with Crippen molar-refractivity contribution in [3.8, 4) is 5.75 Å². The molecule has 0 radical (unpaired) electrons. The molecule has 0 saturated carbocycles. The third-order valence-electron chi connectivity index (χ3n) is 3.87. The van der Waals surface area contributed by atoms with Crippen LogP contribution >= 0.6 is 0 Å². The van der Waals surface area contributed by atoms with Crippen LogP contribution in [0.4, 0.5) is 0 Å². The molecule has 1 heterocycles. The van der Waals surface area contributed by atoms with E-state index >= 15 is 0 Å². The third-order valence-corrected chi connectivity index (χ3v) is 3.87. The second-order valence-electron chi connectivity index (χ2n) is 5.07. The Morgan fingerprint density at radius 1 is 1.05 bits per heavy atom. The highest BCUT2D eigenvalue weighted by Gasteiger charge is 2.29. The molecule has 0 unspecified atom stereocenters. The molecule has 0 fully saturated rings. The Labute approximate surface area is 113 Å². The van der Waals surface area contributed by atoms with Gasteiger partial charge >= 0.3 is 5.97 Å². The van der Waals surface area contributed by atoms with Gasteiger partial charge in [0, 0.05) is 11.5 Å². The summed E-state index contributed by atoms with van der Waals surface area (Å²) in [6.07, 6.45) is 0.416. The maximum atomic E-state index is 11.9. The second-order valence-corrected chi connectivity index (χ2v) is 5.07. The number of fused-ring (bicyclic) bond motifs is 1. The number of ether oxygens (including phenoxy) is 1. The van der Waals surface area contributed by atoms with Crippen LogP contribution in [-0.4, -0.2) is 5.97 Å². The van der Waals surface area contributed by atoms with Crippen molar-refractivity contribution < 1.29 is 9.53 Å². The standard InChI is InChI=1S/C17H16O2/c1-11-8-9-14-15(13-6-4-3-5-7-13)10-16(18)19-17(14)12(11)2/h3-9,15H,10H2,1-2H3/t15-/m1/s1. The van der Waals surface area contributed by atoms with Crippen molar-refractivity contribution in [1.29, 1.82) is 0 Å². The highest BCUT2D eigenvalue weighted by Crippen LogP contribution is 2.41. The van der Waals surface area contributed by atoms with E-state index in [2.05, 4.69) is 24.3 Å². The van der Waals surface area contributed by atoms with E-state index in [1.807, 2.05) is 32.0 Å². The zero-order valence-electron chi connectivity index (χ0n) is 11.1. The lowest BCUT2D eigenvalue weighted by Gasteiger charge is -2.26. The van der Waals surface area contributed by atoms with Gasteiger partial charge in [-0.05, 0) is 30.5 Å². The molecule has 0 bridgehead atoms. The van der Waals surface area contributed by atoms with Gasteiger partial charge in [-0.25, -0.2) is 0 Å². The minimum Gasteiger partial charge on any atom is -0.426 e. The smallest absolute Gasteiger partial charge is 0.312 e. The van der Waals surface area contributed by atoms with Crippen molar-refractivity contribution in [3.05, 3.63) is 64.7 Å². The lowest BCUT2D eigenvalue weighted by Crippen LogP contribution is -2.22. The van der Waals surface area contributed by atoms with Crippen LogP contribution in [0.15, 0.2) is 42.5 Å². The van der Waals surface area contributed by atoms with E-state index in [0.717, 1.165) is 22.4 Å². The number of hydrogen-bond acceptors (Lipinski definition) is 2. The van der Waals surface area contributed by atoms with E-state index in [-0.39, 0.29) is 11.9 Å². The van der Waals surface area contributed by atoms with Crippen LogP contribution in [-0.2, 0) is 4.79 Å². The van der Waals surface area contributed by atoms with Crippen molar-refractivity contribution in [2.45, 2.75) is 26.2 Å². The Balaban J connectivity index is 2.16. The zero-order valence-corrected chi connectivity index (χ0v) is 11.1. The number of rotatable bonds is 1. The van der Waals surface area contributed by atoms with Gasteiger partial charge in [-0.2, -0.15) is 0 Å². The average Bonchev–Trinajstić information content (AvgIpc) is 2.44. The van der Waals surface area contributed by atoms with Crippen molar-refractivity contribution >= 4 is 5.97 Å². The van der Waals surface area contributed by atoms with E-state index < -0.39 is 0 Å². The summed E-state index contributed by atoms with van der Waals surface area (Å²) < 4.78 is 5.46. The molecular weight excluding hydrogens is 236 g/mol. The Kier molecular flexibility index (Phi) is 2.86. The predicted octanol–water partition coefficient (Wildman–Crippen LogP) is 3.74. The topological polar surface area (TPSA) is 26.3 Å². The minimum atomic E-state index is -0.143. The first kappa shape index (κ1) is 12.0. The van der Waals surface area contributed by atoms with Crippen molar-refractivity contribution in [2.75, 3.05) is 0 Å². The van der Waals surface area contributed by atoms with Gasteiger partial charge in [-0.15, -0.1) is 0 Å². The fourth-order valence-electron chi connectivity index (χ4n) is 2.64. The van der Waals surface area contributed by atoms with E-state index in [1.54, 1.807) is 0 Å². The summed E-state index contributed by atoms with van der Waals surface area (Å²) >= 11 is 0. The van der Waals surface area contributed by atoms with E-state index in [0.29, 0.717) is 6.42 Å². The van der Waals surface area contributed by atoms with Gasteiger partial charge in [0.2, 0.25) is 0 Å². The molecule has 0 N–H and O–H groups in total. The number of esters is 1. The summed E-state index contributed by atoms with van der Waals surface area (Å²) in [6, 6.07) is 14.3. The predicted molar refractivity (Wildman–Crippen MR) is 74.5 cm³/mol. The highest BCUT2D eigenvalue weighted by molar-refractivity contribution is 5.78. The van der Waals surface area contributed by atoms with Gasteiger partial charge in [0.25, 0.3) is 0 Å². The number of benzene rings is 2. The fraction of sp³-hybridized carbons (Fsp3) is 0.235. The van der Waals surface area contributed by atoms with Crippen molar-refractivity contribution in [1.82, 2.24) is 0 Å². The van der Waals surface area contributed by atoms with Gasteiger partial charge in [-0.1, -0.05) is 42.5 Å². The molecule has 1 atom stereocenters. The first-order valence-electron chi connectivity index (χ1n) is 6.52. The minimum absolute atomic E-state index is 0.108. The van der Waals surface area contributed by atoms with Crippen LogP contribution in [0, 0.1) is 13.8 Å². The first-order chi connectivity index (χ1) is 9.16. The van der Waals surface area contributed by atoms with Gasteiger partial charge in [0.05, 0.1) is 6.42 Å². The molecule has 19 heavy (non-hydrogen) atoms. The lowest BCUT2D eigenvalue weighted by atomic mass is 9.85. The maximum absolute atomic E-state index is 11.9. The van der Waals surface area contributed by atoms with Crippen LogP contribution in [0.2, 0.25) is 0 Å². The average molecular weight is 252 g/mol. The van der Waals surface area contributed by atoms with Crippen LogP contribution in [0.3, 0.4) is 0 Å². The zero-order chi connectivity index (χ0) is 13.4. The van der Waals surface area contributed by atoms with Crippen molar-refractivity contribution in [3.63, 3.8) is 0 Å². The highest BCUT2D eigenvalue weighted by atomic mass is 16.5. The summed E-state index contributed by atoms with van der Waals surface area (Å²) in [7, 11) is 0. The maximum Gasteiger partial charge on any atom is 0.312 e. The van der Waals surface area contributed by atoms with Crippen molar-refractivity contribution in [2.24, 2.45) is 0 Å². The first-order valence-corrected chi connectivity index (χ1v) is 6.52. The molecular formula is C17H16O2. The summed E-state index contributed by atoms with van der Waals surface area (Å²) in [5.74, 6) is 0.719. The molecule has 0 spiro atoms. The molecule has 2 nitrogen and oxygen atoms in total. The normalized spacial score (nSPS) is 17.8. The molecule has 2 aromatic rings. The summed E-state index contributed by atoms with van der Waals surface area (Å²) in [4.78, 5) is 11.9. The largest absolute Gasteiger partial charge is 0.426 e. The molecule has 0 saturated heterocycles. The Bertz CT molecular complexity index is 629. The number of hydrogen-bond donors (Lipinski definition) is 0. The van der Waals surface area contributed by atoms with Gasteiger partial charge in [0.15, 0.2) is 0 Å². The Morgan fingerprint density at radius 3 is 2.53 bits per heavy atom. The molecule has 1 aliphatic rings. The quantitative estimate of drug-likeness (QED) is 0.571. The second kappa shape index (κ2) is 4.54. The molecule has 0 aromatic heterocycles. The number of carbonyl (C=O) groups excluding carboxylic acids is 1. The van der Waals surface area contributed by atoms with Gasteiger partial charge < -0.3 is 4.74 Å². The van der Waals surface area contributed by atoms with Gasteiger partial charge in [0.1, 0.15) is 5.75 Å². The summed E-state index contributed by atoms with van der Waals surface area (Å²) in [5.41, 5.74) is 4.50. The third kappa shape index (κ3) is 2.03. The monoisotopic (exact) mass is 252 g/mol. The molecule has 0 amide bonds. The van der Waals surface area contributed by atoms with Crippen LogP contribution in [0.1, 0.15) is 34.6 Å². The fourth-order valence-corrected chi connectivity index (χ4v) is 2.64. The van der Waals surface area contributed by atoms with E-state index in [4.69, 9.17) is 4.74 Å². The van der Waals surface area contributed by atoms with E-state index in [1.165, 1.54) is 5.56 Å². The SMILES string of the molecule is Cc1ccc2c(c1C)OC(=O)C[C@@H]2c1ccccc1. The molecule has 2 heteroatoms. The van der Waals surface area contributed by atoms with Crippen LogP contribution in [0.25, 0.3) is 0 Å². The lowest BCUT2D eigenvalue weighted by molar-refractivity contribution is -0.135. The molecule has 2 aromatic carbocycles. The Hall–Kier alpha value is -2.09. The molecule has 96 valence electrons. The Morgan fingerprint density at radius 2 is 1.79 bits per heavy atom.